The van der Waals surface area contributed by atoms with Crippen molar-refractivity contribution in [2.24, 2.45) is 5.92 Å². The lowest BCUT2D eigenvalue weighted by Gasteiger charge is -2.42. The smallest absolute Gasteiger partial charge is 0.334 e. The minimum absolute atomic E-state index is 0.0214. The molecule has 9 heteroatoms. The lowest BCUT2D eigenvalue weighted by atomic mass is 9.83. The third kappa shape index (κ3) is 2.81. The number of carbonyl (C=O) groups is 1. The van der Waals surface area contributed by atoms with Gasteiger partial charge in [0, 0.05) is 54.3 Å². The maximum Gasteiger partial charge on any atom is 0.334 e. The molecule has 0 radical (unpaired) electrons. The van der Waals surface area contributed by atoms with Crippen molar-refractivity contribution in [3.63, 3.8) is 0 Å². The first-order valence-corrected chi connectivity index (χ1v) is 9.72. The number of aromatic amines is 1. The van der Waals surface area contributed by atoms with Crippen molar-refractivity contribution in [3.05, 3.63) is 84.5 Å². The van der Waals surface area contributed by atoms with Gasteiger partial charge in [0.1, 0.15) is 0 Å². The Labute approximate surface area is 169 Å². The molecular weight excluding hydrogens is 388 g/mol. The number of nitrogens with zero attached hydrogens (tertiary/aromatic N) is 3. The highest BCUT2D eigenvalue weighted by molar-refractivity contribution is 6.06. The van der Waals surface area contributed by atoms with Crippen LogP contribution >= 0.6 is 0 Å². The average Bonchev–Trinajstić information content (AvgIpc) is 2.73. The number of hydrogen-bond acceptors (Lipinski definition) is 5. The highest BCUT2D eigenvalue weighted by Gasteiger charge is 2.38. The molecular formula is C21H18N4O5. The van der Waals surface area contributed by atoms with Gasteiger partial charge in [-0.25, -0.2) is 0 Å². The van der Waals surface area contributed by atoms with E-state index in [-0.39, 0.29) is 23.3 Å². The molecule has 2 aliphatic heterocycles. The van der Waals surface area contributed by atoms with Gasteiger partial charge in [-0.2, -0.15) is 0 Å². The van der Waals surface area contributed by atoms with E-state index in [0.29, 0.717) is 36.1 Å². The Morgan fingerprint density at radius 1 is 1.10 bits per heavy atom. The Kier molecular flexibility index (Phi) is 4.05. The molecule has 3 aromatic rings. The van der Waals surface area contributed by atoms with Crippen molar-refractivity contribution < 1.29 is 9.72 Å². The van der Waals surface area contributed by atoms with Gasteiger partial charge in [0.25, 0.3) is 5.91 Å². The number of H-pyrrole nitrogens is 1. The number of hydrogen-bond donors (Lipinski definition) is 1. The summed E-state index contributed by atoms with van der Waals surface area (Å²) in [5.41, 5.74) is 0.327. The molecule has 152 valence electrons. The molecule has 0 aliphatic carbocycles. The molecule has 0 spiro atoms. The van der Waals surface area contributed by atoms with Gasteiger partial charge in [0.05, 0.1) is 10.5 Å². The topological polar surface area (TPSA) is 118 Å². The van der Waals surface area contributed by atoms with Gasteiger partial charge in [-0.15, -0.1) is 0 Å². The fourth-order valence-electron chi connectivity index (χ4n) is 4.79. The van der Waals surface area contributed by atoms with E-state index < -0.39 is 16.2 Å². The first-order chi connectivity index (χ1) is 14.4. The van der Waals surface area contributed by atoms with Crippen LogP contribution in [0.3, 0.4) is 0 Å². The summed E-state index contributed by atoms with van der Waals surface area (Å²) >= 11 is 0. The Morgan fingerprint density at radius 2 is 1.90 bits per heavy atom. The highest BCUT2D eigenvalue weighted by Crippen LogP contribution is 2.36. The summed E-state index contributed by atoms with van der Waals surface area (Å²) < 4.78 is 1.49. The molecule has 30 heavy (non-hydrogen) atoms. The number of nitrogens with one attached hydrogen (secondary N) is 1. The number of likely N-dealkylation sites (tertiary alicyclic amines) is 1. The third-order valence-corrected chi connectivity index (χ3v) is 6.05. The van der Waals surface area contributed by atoms with Gasteiger partial charge in [-0.05, 0) is 24.5 Å². The van der Waals surface area contributed by atoms with Crippen LogP contribution < -0.4 is 11.1 Å². The summed E-state index contributed by atoms with van der Waals surface area (Å²) in [6, 6.07) is 11.4. The first kappa shape index (κ1) is 18.3. The number of nitro groups is 1. The van der Waals surface area contributed by atoms with Crippen LogP contribution in [-0.4, -0.2) is 38.4 Å². The lowest BCUT2D eigenvalue weighted by molar-refractivity contribution is -0.386. The van der Waals surface area contributed by atoms with Crippen LogP contribution in [0, 0.1) is 16.0 Å². The molecule has 2 atom stereocenters. The third-order valence-electron chi connectivity index (χ3n) is 6.05. The Hall–Kier alpha value is -3.75. The van der Waals surface area contributed by atoms with Gasteiger partial charge < -0.3 is 14.5 Å². The summed E-state index contributed by atoms with van der Waals surface area (Å²) in [7, 11) is 0. The van der Waals surface area contributed by atoms with E-state index in [9.17, 15) is 24.5 Å². The van der Waals surface area contributed by atoms with Gasteiger partial charge in [0.2, 0.25) is 5.56 Å². The Balaban J connectivity index is 1.52. The molecule has 2 aromatic heterocycles. The summed E-state index contributed by atoms with van der Waals surface area (Å²) in [6.07, 6.45) is 0.817. The van der Waals surface area contributed by atoms with Crippen molar-refractivity contribution in [1.29, 1.82) is 0 Å². The van der Waals surface area contributed by atoms with Gasteiger partial charge >= 0.3 is 11.2 Å². The highest BCUT2D eigenvalue weighted by atomic mass is 16.6. The Bertz CT molecular complexity index is 1320. The number of para-hydroxylation sites is 1. The number of rotatable bonds is 2. The van der Waals surface area contributed by atoms with E-state index in [0.717, 1.165) is 12.1 Å². The van der Waals surface area contributed by atoms with E-state index in [2.05, 4.69) is 4.98 Å². The van der Waals surface area contributed by atoms with Crippen molar-refractivity contribution in [3.8, 4) is 0 Å². The molecule has 9 nitrogen and oxygen atoms in total. The number of carbonyl (C=O) groups excluding carboxylic acids is 1. The predicted octanol–water partition coefficient (Wildman–Crippen LogP) is 1.86. The van der Waals surface area contributed by atoms with Crippen LogP contribution in [0.2, 0.25) is 0 Å². The van der Waals surface area contributed by atoms with E-state index in [1.54, 1.807) is 29.2 Å². The first-order valence-electron chi connectivity index (χ1n) is 9.72. The number of benzene rings is 1. The van der Waals surface area contributed by atoms with Crippen molar-refractivity contribution in [2.45, 2.75) is 18.9 Å². The molecule has 1 unspecified atom stereocenters. The van der Waals surface area contributed by atoms with Crippen LogP contribution in [0.25, 0.3) is 10.9 Å². The van der Waals surface area contributed by atoms with E-state index in [4.69, 9.17) is 0 Å². The monoisotopic (exact) mass is 406 g/mol. The maximum atomic E-state index is 13.3. The average molecular weight is 406 g/mol. The van der Waals surface area contributed by atoms with Crippen molar-refractivity contribution >= 4 is 22.5 Å². The normalized spacial score (nSPS) is 20.1. The molecule has 4 heterocycles. The number of fused-ring (bicyclic) bond motifs is 5. The molecule has 1 aromatic carbocycles. The summed E-state index contributed by atoms with van der Waals surface area (Å²) in [5, 5.41) is 11.8. The second kappa shape index (κ2) is 6.65. The molecule has 5 rings (SSSR count). The minimum Gasteiger partial charge on any atom is -0.338 e. The van der Waals surface area contributed by atoms with Gasteiger partial charge in [0.15, 0.2) is 0 Å². The fraction of sp³-hybridized carbons (Fsp3) is 0.286. The second-order valence-corrected chi connectivity index (χ2v) is 7.92. The maximum absolute atomic E-state index is 13.3. The van der Waals surface area contributed by atoms with Crippen LogP contribution in [0.1, 0.15) is 28.4 Å². The zero-order valence-corrected chi connectivity index (χ0v) is 15.9. The van der Waals surface area contributed by atoms with Crippen molar-refractivity contribution in [1.82, 2.24) is 14.5 Å². The largest absolute Gasteiger partial charge is 0.338 e. The Morgan fingerprint density at radius 3 is 2.70 bits per heavy atom. The number of piperidine rings is 1. The standard InChI is InChI=1S/C21H18N4O5/c26-19-8-15(14-3-1-2-4-16(14)22-19)20(27)23-9-12-7-13(11-23)17-5-6-18(25(29)30)21(28)24(17)10-12/h1-6,8,12-13H,7,9-11H2,(H,22,26)/t12-,13?/m0/s1. The molecule has 0 saturated carbocycles. The molecule has 2 bridgehead atoms. The van der Waals surface area contributed by atoms with Crippen LogP contribution in [0.5, 0.6) is 0 Å². The number of pyridine rings is 2. The number of amides is 1. The molecule has 1 N–H and O–H groups in total. The molecule has 1 amide bonds. The van der Waals surface area contributed by atoms with E-state index in [1.807, 2.05) is 6.07 Å². The summed E-state index contributed by atoms with van der Waals surface area (Å²) in [6.45, 7) is 1.17. The van der Waals surface area contributed by atoms with Crippen molar-refractivity contribution in [2.75, 3.05) is 13.1 Å². The van der Waals surface area contributed by atoms with Gasteiger partial charge in [-0.3, -0.25) is 24.5 Å². The molecule has 1 fully saturated rings. The van der Waals surface area contributed by atoms with Gasteiger partial charge in [-0.1, -0.05) is 18.2 Å². The summed E-state index contributed by atoms with van der Waals surface area (Å²) in [4.78, 5) is 52.8. The lowest BCUT2D eigenvalue weighted by Crippen LogP contribution is -2.49. The fourth-order valence-corrected chi connectivity index (χ4v) is 4.79. The summed E-state index contributed by atoms with van der Waals surface area (Å²) in [5.74, 6) is -0.277. The number of aromatic nitrogens is 2. The molecule has 1 saturated heterocycles. The zero-order valence-electron chi connectivity index (χ0n) is 15.9. The quantitative estimate of drug-likeness (QED) is 0.515. The van der Waals surface area contributed by atoms with E-state index in [1.165, 1.54) is 16.7 Å². The van der Waals surface area contributed by atoms with Crippen LogP contribution in [0.4, 0.5) is 5.69 Å². The molecule has 2 aliphatic rings. The van der Waals surface area contributed by atoms with E-state index >= 15 is 0 Å². The second-order valence-electron chi connectivity index (χ2n) is 7.92. The zero-order chi connectivity index (χ0) is 21.0. The SMILES string of the molecule is O=C(c1cc(=O)[nH]c2ccccc12)N1CC2C[C@@H](C1)Cn1c2ccc([N+](=O)[O-])c1=O. The minimum atomic E-state index is -0.659. The van der Waals surface area contributed by atoms with Crippen LogP contribution in [-0.2, 0) is 6.54 Å². The van der Waals surface area contributed by atoms with Crippen LogP contribution in [0.15, 0.2) is 52.1 Å². The predicted molar refractivity (Wildman–Crippen MR) is 109 cm³/mol.